The number of amides is 2. The maximum absolute atomic E-state index is 12.2. The van der Waals surface area contributed by atoms with Gasteiger partial charge in [-0.3, -0.25) is 14.7 Å². The van der Waals surface area contributed by atoms with Crippen LogP contribution in [0.4, 0.5) is 0 Å². The van der Waals surface area contributed by atoms with Gasteiger partial charge >= 0.3 is 0 Å². The van der Waals surface area contributed by atoms with Gasteiger partial charge in [-0.15, -0.1) is 0 Å². The highest BCUT2D eigenvalue weighted by Gasteiger charge is 2.28. The lowest BCUT2D eigenvalue weighted by Gasteiger charge is -2.15. The van der Waals surface area contributed by atoms with Crippen molar-refractivity contribution in [3.05, 3.63) is 41.6 Å². The summed E-state index contributed by atoms with van der Waals surface area (Å²) in [6.45, 7) is 1.43. The van der Waals surface area contributed by atoms with Crippen LogP contribution in [0.5, 0.6) is 0 Å². The van der Waals surface area contributed by atoms with E-state index in [4.69, 9.17) is 0 Å². The summed E-state index contributed by atoms with van der Waals surface area (Å²) in [5.41, 5.74) is 4.90. The van der Waals surface area contributed by atoms with E-state index in [1.807, 2.05) is 18.2 Å². The Morgan fingerprint density at radius 3 is 3.04 bits per heavy atom. The molecule has 0 aliphatic carbocycles. The van der Waals surface area contributed by atoms with Crippen molar-refractivity contribution in [2.75, 3.05) is 6.54 Å². The first-order valence-electron chi connectivity index (χ1n) is 7.85. The van der Waals surface area contributed by atoms with E-state index < -0.39 is 0 Å². The van der Waals surface area contributed by atoms with Crippen LogP contribution in [0.3, 0.4) is 0 Å². The summed E-state index contributed by atoms with van der Waals surface area (Å²) in [6.07, 6.45) is 0.913. The van der Waals surface area contributed by atoms with E-state index >= 15 is 0 Å². The van der Waals surface area contributed by atoms with Crippen LogP contribution < -0.4 is 5.32 Å². The summed E-state index contributed by atoms with van der Waals surface area (Å²) < 4.78 is 0. The van der Waals surface area contributed by atoms with Gasteiger partial charge in [-0.05, 0) is 12.1 Å². The number of carbonyl (C=O) groups is 2. The molecule has 0 bridgehead atoms. The maximum Gasteiger partial charge on any atom is 0.224 e. The average Bonchev–Trinajstić information content (AvgIpc) is 3.27. The number of rotatable bonds is 5. The van der Waals surface area contributed by atoms with Gasteiger partial charge in [-0.2, -0.15) is 5.10 Å². The Morgan fingerprint density at radius 2 is 2.21 bits per heavy atom. The molecule has 1 aliphatic heterocycles. The van der Waals surface area contributed by atoms with Crippen molar-refractivity contribution in [1.29, 1.82) is 0 Å². The fourth-order valence-corrected chi connectivity index (χ4v) is 3.14. The van der Waals surface area contributed by atoms with Crippen molar-refractivity contribution >= 4 is 23.2 Å². The van der Waals surface area contributed by atoms with Crippen LogP contribution >= 0.6 is 0 Å². The molecule has 2 aromatic heterocycles. The second kappa shape index (κ2) is 5.84. The highest BCUT2D eigenvalue weighted by molar-refractivity contribution is 5.86. The van der Waals surface area contributed by atoms with Crippen LogP contribution in [0.15, 0.2) is 30.3 Å². The predicted molar refractivity (Wildman–Crippen MR) is 88.8 cm³/mol. The van der Waals surface area contributed by atoms with E-state index in [-0.39, 0.29) is 5.91 Å². The van der Waals surface area contributed by atoms with E-state index in [0.717, 1.165) is 33.5 Å². The first-order chi connectivity index (χ1) is 11.8. The van der Waals surface area contributed by atoms with E-state index in [2.05, 4.69) is 32.6 Å². The maximum atomic E-state index is 12.2. The SMILES string of the molecule is O=CNCCC(=O)N1Cc2[nH]nc(-c3cc4ccccc4[nH]3)c2C1. The van der Waals surface area contributed by atoms with Crippen LogP contribution in [0, 0.1) is 0 Å². The molecule has 0 fully saturated rings. The normalized spacial score (nSPS) is 13.2. The molecule has 4 rings (SSSR count). The highest BCUT2D eigenvalue weighted by Crippen LogP contribution is 2.32. The molecule has 0 saturated heterocycles. The van der Waals surface area contributed by atoms with Gasteiger partial charge in [0.1, 0.15) is 5.69 Å². The topological polar surface area (TPSA) is 93.9 Å². The number of para-hydroxylation sites is 1. The number of nitrogens with zero attached hydrogens (tertiary/aromatic N) is 2. The third-order valence-corrected chi connectivity index (χ3v) is 4.36. The fourth-order valence-electron chi connectivity index (χ4n) is 3.14. The summed E-state index contributed by atoms with van der Waals surface area (Å²) in [6, 6.07) is 10.2. The number of hydrogen-bond donors (Lipinski definition) is 3. The standard InChI is InChI=1S/C17H17N5O2/c23-10-18-6-5-16(24)22-8-12-15(9-22)20-21-17(12)14-7-11-3-1-2-4-13(11)19-14/h1-4,7,10,19H,5-6,8-9H2,(H,18,23)(H,20,21). The zero-order valence-electron chi connectivity index (χ0n) is 13.0. The van der Waals surface area contributed by atoms with Crippen LogP contribution in [-0.4, -0.2) is 38.9 Å². The van der Waals surface area contributed by atoms with Gasteiger partial charge in [0.05, 0.1) is 24.5 Å². The number of hydrogen-bond acceptors (Lipinski definition) is 3. The van der Waals surface area contributed by atoms with Gasteiger partial charge < -0.3 is 15.2 Å². The number of H-pyrrole nitrogens is 2. The van der Waals surface area contributed by atoms with Gasteiger partial charge in [-0.1, -0.05) is 18.2 Å². The van der Waals surface area contributed by atoms with E-state index in [0.29, 0.717) is 32.5 Å². The molecule has 24 heavy (non-hydrogen) atoms. The molecular formula is C17H17N5O2. The molecule has 3 N–H and O–H groups in total. The number of fused-ring (bicyclic) bond motifs is 2. The van der Waals surface area contributed by atoms with Gasteiger partial charge in [-0.25, -0.2) is 0 Å². The number of aromatic nitrogens is 3. The minimum Gasteiger partial charge on any atom is -0.358 e. The molecule has 2 amide bonds. The van der Waals surface area contributed by atoms with E-state index in [1.165, 1.54) is 0 Å². The molecule has 1 aliphatic rings. The van der Waals surface area contributed by atoms with Gasteiger partial charge in [0.25, 0.3) is 0 Å². The highest BCUT2D eigenvalue weighted by atomic mass is 16.2. The molecule has 7 nitrogen and oxygen atoms in total. The Hall–Kier alpha value is -3.09. The lowest BCUT2D eigenvalue weighted by molar-refractivity contribution is -0.131. The molecule has 3 aromatic rings. The summed E-state index contributed by atoms with van der Waals surface area (Å²) in [5, 5.41) is 11.1. The number of aromatic amines is 2. The van der Waals surface area contributed by atoms with Crippen LogP contribution in [-0.2, 0) is 22.7 Å². The van der Waals surface area contributed by atoms with Crippen LogP contribution in [0.1, 0.15) is 17.7 Å². The van der Waals surface area contributed by atoms with Crippen molar-refractivity contribution in [2.24, 2.45) is 0 Å². The Balaban J connectivity index is 1.56. The lowest BCUT2D eigenvalue weighted by Crippen LogP contribution is -2.29. The lowest BCUT2D eigenvalue weighted by atomic mass is 10.1. The molecule has 3 heterocycles. The monoisotopic (exact) mass is 323 g/mol. The number of nitrogens with one attached hydrogen (secondary N) is 3. The summed E-state index contributed by atoms with van der Waals surface area (Å²) in [5.74, 6) is 0.0246. The first kappa shape index (κ1) is 14.5. The quantitative estimate of drug-likeness (QED) is 0.491. The third kappa shape index (κ3) is 2.44. The Labute approximate surface area is 138 Å². The molecule has 0 unspecified atom stereocenters. The smallest absolute Gasteiger partial charge is 0.224 e. The van der Waals surface area contributed by atoms with Crippen LogP contribution in [0.25, 0.3) is 22.3 Å². The molecule has 122 valence electrons. The largest absolute Gasteiger partial charge is 0.358 e. The second-order valence-electron chi connectivity index (χ2n) is 5.87. The zero-order chi connectivity index (χ0) is 16.5. The number of benzene rings is 1. The Kier molecular flexibility index (Phi) is 3.53. The molecule has 0 saturated carbocycles. The zero-order valence-corrected chi connectivity index (χ0v) is 13.0. The molecule has 0 radical (unpaired) electrons. The van der Waals surface area contributed by atoms with E-state index in [1.54, 1.807) is 4.90 Å². The number of carbonyl (C=O) groups excluding carboxylic acids is 2. The van der Waals surface area contributed by atoms with Crippen molar-refractivity contribution < 1.29 is 9.59 Å². The predicted octanol–water partition coefficient (Wildman–Crippen LogP) is 1.54. The fraction of sp³-hybridized carbons (Fsp3) is 0.235. The first-order valence-corrected chi connectivity index (χ1v) is 7.85. The van der Waals surface area contributed by atoms with Crippen molar-refractivity contribution in [3.63, 3.8) is 0 Å². The third-order valence-electron chi connectivity index (χ3n) is 4.36. The van der Waals surface area contributed by atoms with Crippen LogP contribution in [0.2, 0.25) is 0 Å². The molecule has 0 atom stereocenters. The molecular weight excluding hydrogens is 306 g/mol. The minimum absolute atomic E-state index is 0.0246. The van der Waals surface area contributed by atoms with Crippen molar-refractivity contribution in [3.8, 4) is 11.4 Å². The second-order valence-corrected chi connectivity index (χ2v) is 5.87. The molecule has 0 spiro atoms. The summed E-state index contributed by atoms with van der Waals surface area (Å²) >= 11 is 0. The van der Waals surface area contributed by atoms with Gasteiger partial charge in [0, 0.05) is 29.4 Å². The Bertz CT molecular complexity index is 878. The molecule has 7 heteroatoms. The van der Waals surface area contributed by atoms with Crippen molar-refractivity contribution in [2.45, 2.75) is 19.5 Å². The minimum atomic E-state index is 0.0246. The van der Waals surface area contributed by atoms with Gasteiger partial charge in [0.15, 0.2) is 0 Å². The summed E-state index contributed by atoms with van der Waals surface area (Å²) in [7, 11) is 0. The molecule has 1 aromatic carbocycles. The van der Waals surface area contributed by atoms with Crippen molar-refractivity contribution in [1.82, 2.24) is 25.4 Å². The summed E-state index contributed by atoms with van der Waals surface area (Å²) in [4.78, 5) is 27.6. The average molecular weight is 323 g/mol. The Morgan fingerprint density at radius 1 is 1.33 bits per heavy atom. The van der Waals surface area contributed by atoms with Gasteiger partial charge in [0.2, 0.25) is 12.3 Å². The van der Waals surface area contributed by atoms with E-state index in [9.17, 15) is 9.59 Å².